The molecule has 0 spiro atoms. The zero-order valence-corrected chi connectivity index (χ0v) is 9.62. The summed E-state index contributed by atoms with van der Waals surface area (Å²) < 4.78 is 36.9. The minimum Gasteiger partial charge on any atom is -0.479 e. The van der Waals surface area contributed by atoms with E-state index in [1.165, 1.54) is 12.1 Å². The molecule has 0 radical (unpaired) electrons. The van der Waals surface area contributed by atoms with E-state index < -0.39 is 23.6 Å². The molecule has 2 rings (SSSR count). The zero-order valence-electron chi connectivity index (χ0n) is 9.62. The average molecular weight is 273 g/mol. The molecule has 0 bridgehead atoms. The van der Waals surface area contributed by atoms with Crippen molar-refractivity contribution < 1.29 is 27.9 Å². The van der Waals surface area contributed by atoms with Gasteiger partial charge in [0.2, 0.25) is 0 Å². The number of carboxylic acids is 1. The van der Waals surface area contributed by atoms with Crippen molar-refractivity contribution in [1.29, 1.82) is 0 Å². The Labute approximate surface area is 106 Å². The van der Waals surface area contributed by atoms with E-state index in [1.54, 1.807) is 17.4 Å². The number of hydrogen-bond donors (Lipinski definition) is 2. The first kappa shape index (κ1) is 13.4. The maximum atomic E-state index is 12.3. The monoisotopic (exact) mass is 273 g/mol. The van der Waals surface area contributed by atoms with Gasteiger partial charge in [0.25, 0.3) is 0 Å². The molecule has 7 heteroatoms. The van der Waals surface area contributed by atoms with Crippen LogP contribution in [-0.2, 0) is 21.5 Å². The van der Waals surface area contributed by atoms with Crippen LogP contribution in [0.15, 0.2) is 24.3 Å². The molecule has 0 aromatic heterocycles. The van der Waals surface area contributed by atoms with Crippen LogP contribution in [0.1, 0.15) is 17.5 Å². The van der Waals surface area contributed by atoms with Gasteiger partial charge in [-0.15, -0.1) is 0 Å². The quantitative estimate of drug-likeness (QED) is 0.860. The molecule has 0 saturated carbocycles. The molecule has 19 heavy (non-hydrogen) atoms. The highest BCUT2D eigenvalue weighted by Crippen LogP contribution is 2.37. The number of aliphatic carboxylic acids is 1. The summed E-state index contributed by atoms with van der Waals surface area (Å²) in [6, 6.07) is 6.26. The van der Waals surface area contributed by atoms with Gasteiger partial charge in [-0.1, -0.05) is 24.3 Å². The largest absolute Gasteiger partial charge is 0.479 e. The first-order valence-corrected chi connectivity index (χ1v) is 5.48. The lowest BCUT2D eigenvalue weighted by Crippen LogP contribution is -2.54. The van der Waals surface area contributed by atoms with Crippen molar-refractivity contribution >= 4 is 11.9 Å². The van der Waals surface area contributed by atoms with Gasteiger partial charge in [0.05, 0.1) is 0 Å². The summed E-state index contributed by atoms with van der Waals surface area (Å²) in [4.78, 5) is 22.4. The molecule has 1 amide bonds. The van der Waals surface area contributed by atoms with Crippen molar-refractivity contribution in [3.63, 3.8) is 0 Å². The minimum atomic E-state index is -5.11. The van der Waals surface area contributed by atoms with Crippen LogP contribution in [0.2, 0.25) is 0 Å². The number of benzene rings is 1. The van der Waals surface area contributed by atoms with E-state index in [9.17, 15) is 27.9 Å². The highest BCUT2D eigenvalue weighted by molar-refractivity contribution is 5.91. The fourth-order valence-corrected chi connectivity index (χ4v) is 2.28. The predicted octanol–water partition coefficient (Wildman–Crippen LogP) is 1.59. The third-order valence-corrected chi connectivity index (χ3v) is 3.20. The van der Waals surface area contributed by atoms with Crippen LogP contribution in [-0.4, -0.2) is 23.2 Å². The maximum Gasteiger partial charge on any atom is 0.471 e. The second kappa shape index (κ2) is 4.25. The Morgan fingerprint density at radius 1 is 1.26 bits per heavy atom. The van der Waals surface area contributed by atoms with E-state index in [2.05, 4.69) is 0 Å². The smallest absolute Gasteiger partial charge is 0.471 e. The predicted molar refractivity (Wildman–Crippen MR) is 58.3 cm³/mol. The fraction of sp³-hybridized carbons (Fsp3) is 0.333. The summed E-state index contributed by atoms with van der Waals surface area (Å²) in [5.74, 6) is -3.73. The Morgan fingerprint density at radius 2 is 1.89 bits per heavy atom. The third kappa shape index (κ3) is 2.16. The van der Waals surface area contributed by atoms with E-state index in [0.717, 1.165) is 0 Å². The number of nitrogens with one attached hydrogen (secondary N) is 1. The molecule has 4 nitrogen and oxygen atoms in total. The van der Waals surface area contributed by atoms with E-state index in [0.29, 0.717) is 12.0 Å². The molecule has 0 saturated heterocycles. The summed E-state index contributed by atoms with van der Waals surface area (Å²) in [5, 5.41) is 10.9. The van der Waals surface area contributed by atoms with Crippen LogP contribution in [0.4, 0.5) is 13.2 Å². The highest BCUT2D eigenvalue weighted by Gasteiger charge is 2.51. The Balaban J connectivity index is 2.43. The molecule has 1 aliphatic carbocycles. The molecule has 0 fully saturated rings. The van der Waals surface area contributed by atoms with Crippen LogP contribution in [0.25, 0.3) is 0 Å². The number of alkyl halides is 3. The van der Waals surface area contributed by atoms with Gasteiger partial charge in [-0.25, -0.2) is 4.79 Å². The Bertz CT molecular complexity index is 541. The van der Waals surface area contributed by atoms with Gasteiger partial charge in [0.15, 0.2) is 5.54 Å². The van der Waals surface area contributed by atoms with Gasteiger partial charge in [-0.05, 0) is 24.0 Å². The second-order valence-electron chi connectivity index (χ2n) is 4.32. The van der Waals surface area contributed by atoms with Crippen LogP contribution in [0, 0.1) is 0 Å². The van der Waals surface area contributed by atoms with Gasteiger partial charge < -0.3 is 10.4 Å². The molecule has 102 valence electrons. The van der Waals surface area contributed by atoms with Crippen molar-refractivity contribution in [3.8, 4) is 0 Å². The van der Waals surface area contributed by atoms with Gasteiger partial charge in [-0.3, -0.25) is 4.79 Å². The van der Waals surface area contributed by atoms with Gasteiger partial charge in [0, 0.05) is 0 Å². The van der Waals surface area contributed by atoms with Crippen LogP contribution < -0.4 is 5.32 Å². The van der Waals surface area contributed by atoms with Crippen molar-refractivity contribution in [1.82, 2.24) is 5.32 Å². The molecule has 0 heterocycles. The van der Waals surface area contributed by atoms with Crippen LogP contribution in [0.5, 0.6) is 0 Å². The molecular formula is C12H10F3NO3. The molecule has 1 unspecified atom stereocenters. The molecule has 1 atom stereocenters. The average Bonchev–Trinajstić information content (AvgIpc) is 2.69. The number of carbonyl (C=O) groups excluding carboxylic acids is 1. The van der Waals surface area contributed by atoms with Crippen LogP contribution >= 0.6 is 0 Å². The van der Waals surface area contributed by atoms with E-state index in [4.69, 9.17) is 0 Å². The molecule has 1 aliphatic rings. The lowest BCUT2D eigenvalue weighted by Gasteiger charge is -2.27. The summed E-state index contributed by atoms with van der Waals surface area (Å²) in [6.45, 7) is 0. The number of rotatable bonds is 2. The van der Waals surface area contributed by atoms with Gasteiger partial charge >= 0.3 is 18.1 Å². The Kier molecular flexibility index (Phi) is 3.00. The van der Waals surface area contributed by atoms with E-state index in [-0.39, 0.29) is 12.0 Å². The minimum absolute atomic E-state index is 0.0938. The lowest BCUT2D eigenvalue weighted by molar-refractivity contribution is -0.178. The summed E-state index contributed by atoms with van der Waals surface area (Å²) in [6.07, 6.45) is -4.90. The molecule has 1 aromatic carbocycles. The van der Waals surface area contributed by atoms with Gasteiger partial charge in [0.1, 0.15) is 0 Å². The second-order valence-corrected chi connectivity index (χ2v) is 4.32. The number of halogens is 3. The summed E-state index contributed by atoms with van der Waals surface area (Å²) in [7, 11) is 0. The van der Waals surface area contributed by atoms with Crippen molar-refractivity contribution in [2.75, 3.05) is 0 Å². The van der Waals surface area contributed by atoms with E-state index in [1.807, 2.05) is 0 Å². The number of fused-ring (bicyclic) bond motifs is 1. The van der Waals surface area contributed by atoms with E-state index >= 15 is 0 Å². The SMILES string of the molecule is O=C(NC1(C(=O)O)CCc2ccccc21)C(F)(F)F. The number of carboxylic acid groups (broad SMARTS) is 1. The number of amides is 1. The number of aryl methyl sites for hydroxylation is 1. The lowest BCUT2D eigenvalue weighted by atomic mass is 9.91. The standard InChI is InChI=1S/C12H10F3NO3/c13-12(14,15)9(17)16-11(10(18)19)6-5-7-3-1-2-4-8(7)11/h1-4H,5-6H2,(H,16,17)(H,18,19). The molecule has 1 aromatic rings. The molecule has 2 N–H and O–H groups in total. The van der Waals surface area contributed by atoms with Gasteiger partial charge in [-0.2, -0.15) is 13.2 Å². The summed E-state index contributed by atoms with van der Waals surface area (Å²) in [5.41, 5.74) is -1.16. The summed E-state index contributed by atoms with van der Waals surface area (Å²) >= 11 is 0. The zero-order chi connectivity index (χ0) is 14.3. The highest BCUT2D eigenvalue weighted by atomic mass is 19.4. The van der Waals surface area contributed by atoms with Crippen LogP contribution in [0.3, 0.4) is 0 Å². The normalized spacial score (nSPS) is 21.8. The van der Waals surface area contributed by atoms with Crippen molar-refractivity contribution in [3.05, 3.63) is 35.4 Å². The Morgan fingerprint density at radius 3 is 2.47 bits per heavy atom. The fourth-order valence-electron chi connectivity index (χ4n) is 2.28. The van der Waals surface area contributed by atoms with Crippen molar-refractivity contribution in [2.24, 2.45) is 0 Å². The topological polar surface area (TPSA) is 66.4 Å². The molecule has 0 aliphatic heterocycles. The third-order valence-electron chi connectivity index (χ3n) is 3.20. The first-order chi connectivity index (χ1) is 8.77. The Hall–Kier alpha value is -2.05. The number of hydrogen-bond acceptors (Lipinski definition) is 2. The number of carbonyl (C=O) groups is 2. The van der Waals surface area contributed by atoms with Crippen molar-refractivity contribution in [2.45, 2.75) is 24.6 Å². The maximum absolute atomic E-state index is 12.3. The molecular weight excluding hydrogens is 263 g/mol. The first-order valence-electron chi connectivity index (χ1n) is 5.48.